The first-order valence-corrected chi connectivity index (χ1v) is 10.1. The van der Waals surface area contributed by atoms with Gasteiger partial charge in [0.2, 0.25) is 15.9 Å². The third kappa shape index (κ3) is 3.95. The van der Waals surface area contributed by atoms with E-state index in [2.05, 4.69) is 5.32 Å². The Morgan fingerprint density at radius 1 is 1.16 bits per heavy atom. The molecule has 136 valence electrons. The first kappa shape index (κ1) is 17.7. The lowest BCUT2D eigenvalue weighted by Gasteiger charge is -2.26. The van der Waals surface area contributed by atoms with Crippen molar-refractivity contribution in [2.45, 2.75) is 32.1 Å². The van der Waals surface area contributed by atoms with Crippen molar-refractivity contribution in [2.75, 3.05) is 21.9 Å². The summed E-state index contributed by atoms with van der Waals surface area (Å²) in [4.78, 5) is 23.6. The van der Waals surface area contributed by atoms with Gasteiger partial charge in [-0.25, -0.2) is 8.42 Å². The van der Waals surface area contributed by atoms with Crippen molar-refractivity contribution in [1.29, 1.82) is 0 Å². The molecule has 1 aromatic rings. The first-order valence-electron chi connectivity index (χ1n) is 8.51. The Labute approximate surface area is 147 Å². The van der Waals surface area contributed by atoms with E-state index in [0.717, 1.165) is 6.42 Å². The molecular formula is C17H22N2O5S. The highest BCUT2D eigenvalue weighted by Gasteiger charge is 2.31. The fourth-order valence-electron chi connectivity index (χ4n) is 3.56. The van der Waals surface area contributed by atoms with Gasteiger partial charge < -0.3 is 10.4 Å². The largest absolute Gasteiger partial charge is 0.481 e. The molecule has 1 heterocycles. The Hall–Kier alpha value is -2.09. The highest BCUT2D eigenvalue weighted by atomic mass is 32.2. The van der Waals surface area contributed by atoms with Crippen LogP contribution in [0.5, 0.6) is 0 Å². The van der Waals surface area contributed by atoms with Gasteiger partial charge in [0.15, 0.2) is 0 Å². The summed E-state index contributed by atoms with van der Waals surface area (Å²) in [5.74, 6) is -1.70. The van der Waals surface area contributed by atoms with E-state index in [1.54, 1.807) is 24.3 Å². The molecule has 1 saturated heterocycles. The number of carbonyl (C=O) groups excluding carboxylic acids is 1. The molecule has 1 saturated carbocycles. The zero-order valence-corrected chi connectivity index (χ0v) is 14.7. The van der Waals surface area contributed by atoms with Gasteiger partial charge in [-0.1, -0.05) is 12.5 Å². The molecule has 2 fully saturated rings. The number of amides is 1. The molecule has 3 rings (SSSR count). The molecule has 7 nitrogen and oxygen atoms in total. The molecule has 0 bridgehead atoms. The van der Waals surface area contributed by atoms with Gasteiger partial charge in [-0.3, -0.25) is 13.9 Å². The minimum atomic E-state index is -3.27. The second-order valence-corrected chi connectivity index (χ2v) is 8.69. The topological polar surface area (TPSA) is 104 Å². The summed E-state index contributed by atoms with van der Waals surface area (Å²) in [6, 6.07) is 6.78. The van der Waals surface area contributed by atoms with E-state index in [9.17, 15) is 18.0 Å². The van der Waals surface area contributed by atoms with Gasteiger partial charge in [0, 0.05) is 18.2 Å². The van der Waals surface area contributed by atoms with Crippen molar-refractivity contribution < 1.29 is 23.1 Å². The average molecular weight is 366 g/mol. The van der Waals surface area contributed by atoms with Crippen LogP contribution in [-0.2, 0) is 19.6 Å². The summed E-state index contributed by atoms with van der Waals surface area (Å²) >= 11 is 0. The van der Waals surface area contributed by atoms with Crippen LogP contribution in [0.4, 0.5) is 11.4 Å². The lowest BCUT2D eigenvalue weighted by molar-refractivity contribution is -0.143. The number of aliphatic carboxylic acids is 1. The van der Waals surface area contributed by atoms with Gasteiger partial charge in [-0.05, 0) is 43.9 Å². The molecule has 2 N–H and O–H groups in total. The highest BCUT2D eigenvalue weighted by Crippen LogP contribution is 2.31. The van der Waals surface area contributed by atoms with Crippen molar-refractivity contribution in [1.82, 2.24) is 0 Å². The molecular weight excluding hydrogens is 344 g/mol. The average Bonchev–Trinajstić information content (AvgIpc) is 2.94. The lowest BCUT2D eigenvalue weighted by atomic mass is 9.81. The van der Waals surface area contributed by atoms with E-state index in [4.69, 9.17) is 5.11 Å². The number of sulfonamides is 1. The number of anilines is 2. The quantitative estimate of drug-likeness (QED) is 0.849. The molecule has 2 atom stereocenters. The van der Waals surface area contributed by atoms with E-state index in [-0.39, 0.29) is 17.6 Å². The van der Waals surface area contributed by atoms with Crippen LogP contribution in [0.3, 0.4) is 0 Å². The minimum Gasteiger partial charge on any atom is -0.481 e. The second-order valence-electron chi connectivity index (χ2n) is 6.68. The normalized spacial score (nSPS) is 25.5. The number of hydrogen-bond acceptors (Lipinski definition) is 4. The predicted molar refractivity (Wildman–Crippen MR) is 93.9 cm³/mol. The van der Waals surface area contributed by atoms with Gasteiger partial charge in [-0.2, -0.15) is 0 Å². The monoisotopic (exact) mass is 366 g/mol. The molecule has 1 aliphatic heterocycles. The Bertz CT molecular complexity index is 777. The molecule has 2 unspecified atom stereocenters. The van der Waals surface area contributed by atoms with Crippen molar-refractivity contribution >= 4 is 33.3 Å². The zero-order chi connectivity index (χ0) is 18.0. The minimum absolute atomic E-state index is 0.141. The summed E-state index contributed by atoms with van der Waals surface area (Å²) in [6.45, 7) is 0.447. The Morgan fingerprint density at radius 2 is 1.92 bits per heavy atom. The summed E-state index contributed by atoms with van der Waals surface area (Å²) in [7, 11) is -3.27. The van der Waals surface area contributed by atoms with Crippen molar-refractivity contribution in [3.63, 3.8) is 0 Å². The van der Waals surface area contributed by atoms with Crippen LogP contribution in [0.1, 0.15) is 32.1 Å². The summed E-state index contributed by atoms with van der Waals surface area (Å²) < 4.78 is 25.4. The van der Waals surface area contributed by atoms with Crippen LogP contribution in [0.15, 0.2) is 24.3 Å². The van der Waals surface area contributed by atoms with Crippen LogP contribution in [0, 0.1) is 11.8 Å². The van der Waals surface area contributed by atoms with Crippen LogP contribution in [-0.4, -0.2) is 37.7 Å². The van der Waals surface area contributed by atoms with Gasteiger partial charge in [0.25, 0.3) is 0 Å². The summed E-state index contributed by atoms with van der Waals surface area (Å²) in [5.41, 5.74) is 1.07. The van der Waals surface area contributed by atoms with E-state index >= 15 is 0 Å². The van der Waals surface area contributed by atoms with Crippen molar-refractivity contribution in [2.24, 2.45) is 11.8 Å². The van der Waals surface area contributed by atoms with Crippen LogP contribution < -0.4 is 9.62 Å². The molecule has 0 radical (unpaired) electrons. The smallest absolute Gasteiger partial charge is 0.306 e. The van der Waals surface area contributed by atoms with E-state index in [1.807, 2.05) is 0 Å². The van der Waals surface area contributed by atoms with Crippen LogP contribution >= 0.6 is 0 Å². The van der Waals surface area contributed by atoms with Gasteiger partial charge in [-0.15, -0.1) is 0 Å². The van der Waals surface area contributed by atoms with E-state index < -0.39 is 21.9 Å². The summed E-state index contributed by atoms with van der Waals surface area (Å²) in [5, 5.41) is 11.9. The lowest BCUT2D eigenvalue weighted by Crippen LogP contribution is -2.31. The van der Waals surface area contributed by atoms with Crippen molar-refractivity contribution in [3.8, 4) is 0 Å². The third-order valence-electron chi connectivity index (χ3n) is 4.90. The molecule has 2 aliphatic rings. The molecule has 0 spiro atoms. The third-order valence-corrected chi connectivity index (χ3v) is 6.76. The number of rotatable bonds is 4. The van der Waals surface area contributed by atoms with Gasteiger partial charge in [0.1, 0.15) is 0 Å². The Kier molecular flexibility index (Phi) is 4.99. The summed E-state index contributed by atoms with van der Waals surface area (Å²) in [6.07, 6.45) is 2.96. The van der Waals surface area contributed by atoms with Crippen LogP contribution in [0.25, 0.3) is 0 Å². The zero-order valence-electron chi connectivity index (χ0n) is 13.8. The standard InChI is InChI=1S/C17H22N2O5S/c20-16(12-4-1-5-13(10-12)17(21)22)18-14-6-2-7-15(11-14)19-8-3-9-25(19,23)24/h2,6-7,11-13H,1,3-5,8-10H2,(H,18,20)(H,21,22). The maximum atomic E-state index is 12.5. The fraction of sp³-hybridized carbons (Fsp3) is 0.529. The number of carbonyl (C=O) groups is 2. The SMILES string of the molecule is O=C(O)C1CCCC(C(=O)Nc2cccc(N3CCCS3(=O)=O)c2)C1. The highest BCUT2D eigenvalue weighted by molar-refractivity contribution is 7.93. The molecule has 1 aliphatic carbocycles. The predicted octanol–water partition coefficient (Wildman–Crippen LogP) is 2.06. The number of carboxylic acid groups (broad SMARTS) is 1. The van der Waals surface area contributed by atoms with E-state index in [0.29, 0.717) is 43.6 Å². The van der Waals surface area contributed by atoms with Gasteiger partial charge >= 0.3 is 5.97 Å². The first-order chi connectivity index (χ1) is 11.9. The number of carboxylic acids is 1. The molecule has 25 heavy (non-hydrogen) atoms. The van der Waals surface area contributed by atoms with Gasteiger partial charge in [0.05, 0.1) is 17.4 Å². The Balaban J connectivity index is 1.70. The number of benzene rings is 1. The van der Waals surface area contributed by atoms with E-state index in [1.165, 1.54) is 4.31 Å². The number of nitrogens with one attached hydrogen (secondary N) is 1. The molecule has 8 heteroatoms. The second kappa shape index (κ2) is 7.03. The molecule has 1 amide bonds. The number of nitrogens with zero attached hydrogens (tertiary/aromatic N) is 1. The number of hydrogen-bond donors (Lipinski definition) is 2. The Morgan fingerprint density at radius 3 is 2.60 bits per heavy atom. The fourth-order valence-corrected chi connectivity index (χ4v) is 5.12. The van der Waals surface area contributed by atoms with Crippen molar-refractivity contribution in [3.05, 3.63) is 24.3 Å². The van der Waals surface area contributed by atoms with Crippen LogP contribution in [0.2, 0.25) is 0 Å². The molecule has 0 aromatic heterocycles. The maximum absolute atomic E-state index is 12.5. The maximum Gasteiger partial charge on any atom is 0.306 e. The molecule has 1 aromatic carbocycles.